The number of rotatable bonds is 3. The van der Waals surface area contributed by atoms with Crippen molar-refractivity contribution in [2.75, 3.05) is 33.2 Å². The van der Waals surface area contributed by atoms with Gasteiger partial charge in [-0.15, -0.1) is 0 Å². The predicted molar refractivity (Wildman–Crippen MR) is 64.8 cm³/mol. The van der Waals surface area contributed by atoms with Crippen molar-refractivity contribution in [3.05, 3.63) is 35.4 Å². The molecule has 0 aromatic heterocycles. The number of likely N-dealkylation sites (N-methyl/N-ethyl adjacent to an activating group) is 1. The van der Waals surface area contributed by atoms with Crippen LogP contribution in [0.15, 0.2) is 18.2 Å². The smallest absolute Gasteiger partial charge is 0.236 e. The van der Waals surface area contributed by atoms with E-state index in [9.17, 15) is 18.4 Å². The van der Waals surface area contributed by atoms with E-state index in [2.05, 4.69) is 0 Å². The van der Waals surface area contributed by atoms with Crippen molar-refractivity contribution < 1.29 is 18.4 Å². The van der Waals surface area contributed by atoms with Gasteiger partial charge >= 0.3 is 0 Å². The average molecular weight is 268 g/mol. The first-order valence-electron chi connectivity index (χ1n) is 5.92. The molecule has 19 heavy (non-hydrogen) atoms. The fraction of sp³-hybridized carbons (Fsp3) is 0.385. The molecule has 1 aromatic carbocycles. The van der Waals surface area contributed by atoms with Crippen molar-refractivity contribution in [3.63, 3.8) is 0 Å². The number of ketones is 1. The largest absolute Gasteiger partial charge is 0.343 e. The fourth-order valence-electron chi connectivity index (χ4n) is 1.95. The maximum atomic E-state index is 13.4. The quantitative estimate of drug-likeness (QED) is 0.765. The van der Waals surface area contributed by atoms with Crippen LogP contribution in [-0.2, 0) is 4.79 Å². The van der Waals surface area contributed by atoms with Crippen molar-refractivity contribution in [1.29, 1.82) is 0 Å². The molecular weight excluding hydrogens is 254 g/mol. The van der Waals surface area contributed by atoms with Crippen LogP contribution in [-0.4, -0.2) is 54.7 Å². The molecule has 0 N–H and O–H groups in total. The summed E-state index contributed by atoms with van der Waals surface area (Å²) in [6, 6.07) is 2.86. The van der Waals surface area contributed by atoms with Gasteiger partial charge in [-0.05, 0) is 12.1 Å². The second-order valence-electron chi connectivity index (χ2n) is 4.57. The minimum atomic E-state index is -0.870. The first kappa shape index (κ1) is 13.6. The summed E-state index contributed by atoms with van der Waals surface area (Å²) in [7, 11) is 1.70. The molecule has 4 nitrogen and oxygen atoms in total. The van der Waals surface area contributed by atoms with Gasteiger partial charge in [0.05, 0.1) is 18.7 Å². The molecule has 0 unspecified atom stereocenters. The number of hydrogen-bond donors (Lipinski definition) is 0. The Kier molecular flexibility index (Phi) is 3.90. The number of hydrogen-bond acceptors (Lipinski definition) is 3. The highest BCUT2D eigenvalue weighted by Gasteiger charge is 2.23. The number of carbonyl (C=O) groups excluding carboxylic acids is 2. The van der Waals surface area contributed by atoms with Crippen LogP contribution < -0.4 is 0 Å². The summed E-state index contributed by atoms with van der Waals surface area (Å²) < 4.78 is 26.2. The second kappa shape index (κ2) is 5.44. The molecule has 1 aliphatic rings. The summed E-state index contributed by atoms with van der Waals surface area (Å²) in [5.41, 5.74) is -0.146. The van der Waals surface area contributed by atoms with Crippen LogP contribution in [0.2, 0.25) is 0 Å². The molecule has 2 rings (SSSR count). The van der Waals surface area contributed by atoms with Crippen molar-refractivity contribution >= 4 is 11.7 Å². The number of Topliss-reactive ketones (excluding diaryl/α,β-unsaturated/α-hetero) is 1. The van der Waals surface area contributed by atoms with Gasteiger partial charge in [0, 0.05) is 26.2 Å². The van der Waals surface area contributed by atoms with E-state index >= 15 is 0 Å². The van der Waals surface area contributed by atoms with Gasteiger partial charge in [0.15, 0.2) is 5.78 Å². The molecule has 1 heterocycles. The van der Waals surface area contributed by atoms with Gasteiger partial charge in [0.2, 0.25) is 5.91 Å². The highest BCUT2D eigenvalue weighted by atomic mass is 19.1. The van der Waals surface area contributed by atoms with Crippen LogP contribution in [0.1, 0.15) is 10.4 Å². The molecule has 1 aromatic rings. The minimum Gasteiger partial charge on any atom is -0.343 e. The first-order chi connectivity index (χ1) is 8.97. The second-order valence-corrected chi connectivity index (χ2v) is 4.57. The molecular formula is C13H14F2N2O2. The molecule has 0 radical (unpaired) electrons. The predicted octanol–water partition coefficient (Wildman–Crippen LogP) is 0.921. The summed E-state index contributed by atoms with van der Waals surface area (Å²) in [6.45, 7) is 1.21. The van der Waals surface area contributed by atoms with Crippen molar-refractivity contribution in [2.24, 2.45) is 0 Å². The summed E-state index contributed by atoms with van der Waals surface area (Å²) >= 11 is 0. The van der Waals surface area contributed by atoms with Gasteiger partial charge in [-0.3, -0.25) is 14.5 Å². The number of halogens is 2. The third-order valence-corrected chi connectivity index (χ3v) is 3.14. The summed E-state index contributed by atoms with van der Waals surface area (Å²) in [6.07, 6.45) is 0. The molecule has 1 saturated heterocycles. The van der Waals surface area contributed by atoms with Crippen LogP contribution >= 0.6 is 0 Å². The number of amides is 1. The molecule has 0 atom stereocenters. The zero-order chi connectivity index (χ0) is 14.0. The van der Waals surface area contributed by atoms with Crippen LogP contribution in [0.3, 0.4) is 0 Å². The average Bonchev–Trinajstić information content (AvgIpc) is 2.33. The highest BCUT2D eigenvalue weighted by Crippen LogP contribution is 2.11. The maximum absolute atomic E-state index is 13.4. The Morgan fingerprint density at radius 2 is 2.05 bits per heavy atom. The van der Waals surface area contributed by atoms with E-state index in [1.807, 2.05) is 0 Å². The van der Waals surface area contributed by atoms with Gasteiger partial charge in [-0.1, -0.05) is 0 Å². The molecule has 102 valence electrons. The lowest BCUT2D eigenvalue weighted by atomic mass is 10.1. The summed E-state index contributed by atoms with van der Waals surface area (Å²) in [4.78, 5) is 26.6. The number of benzene rings is 1. The SMILES string of the molecule is CN1CCN(CC(=O)c2ccc(F)cc2F)CC1=O. The lowest BCUT2D eigenvalue weighted by Crippen LogP contribution is -2.49. The lowest BCUT2D eigenvalue weighted by Gasteiger charge is -2.31. The van der Waals surface area contributed by atoms with Gasteiger partial charge in [-0.25, -0.2) is 8.78 Å². The molecule has 0 aliphatic carbocycles. The highest BCUT2D eigenvalue weighted by molar-refractivity contribution is 5.98. The van der Waals surface area contributed by atoms with Crippen LogP contribution in [0.5, 0.6) is 0 Å². The molecule has 0 bridgehead atoms. The zero-order valence-electron chi connectivity index (χ0n) is 10.5. The maximum Gasteiger partial charge on any atom is 0.236 e. The molecule has 1 amide bonds. The number of nitrogens with zero attached hydrogens (tertiary/aromatic N) is 2. The van der Waals surface area contributed by atoms with E-state index in [1.165, 1.54) is 0 Å². The van der Waals surface area contributed by atoms with Gasteiger partial charge in [0.25, 0.3) is 0 Å². The van der Waals surface area contributed by atoms with E-state index in [0.29, 0.717) is 19.2 Å². The van der Waals surface area contributed by atoms with E-state index < -0.39 is 17.4 Å². The van der Waals surface area contributed by atoms with E-state index in [-0.39, 0.29) is 24.6 Å². The first-order valence-corrected chi connectivity index (χ1v) is 5.92. The van der Waals surface area contributed by atoms with Gasteiger partial charge in [-0.2, -0.15) is 0 Å². The van der Waals surface area contributed by atoms with E-state index in [4.69, 9.17) is 0 Å². The molecule has 6 heteroatoms. The Balaban J connectivity index is 2.03. The van der Waals surface area contributed by atoms with Crippen molar-refractivity contribution in [1.82, 2.24) is 9.80 Å². The Labute approximate surface area is 109 Å². The molecule has 1 aliphatic heterocycles. The van der Waals surface area contributed by atoms with Crippen LogP contribution in [0.25, 0.3) is 0 Å². The molecule has 1 fully saturated rings. The standard InChI is InChI=1S/C13H14F2N2O2/c1-16-4-5-17(8-13(16)19)7-12(18)10-3-2-9(14)6-11(10)15/h2-3,6H,4-5,7-8H2,1H3. The van der Waals surface area contributed by atoms with Gasteiger partial charge < -0.3 is 4.90 Å². The topological polar surface area (TPSA) is 40.6 Å². The van der Waals surface area contributed by atoms with Gasteiger partial charge in [0.1, 0.15) is 11.6 Å². The third kappa shape index (κ3) is 3.14. The Morgan fingerprint density at radius 1 is 1.32 bits per heavy atom. The minimum absolute atomic E-state index is 0.0396. The zero-order valence-corrected chi connectivity index (χ0v) is 10.5. The van der Waals surface area contributed by atoms with Crippen molar-refractivity contribution in [3.8, 4) is 0 Å². The summed E-state index contributed by atoms with van der Waals surface area (Å²) in [5.74, 6) is -2.11. The molecule has 0 saturated carbocycles. The normalized spacial score (nSPS) is 16.8. The Bertz CT molecular complexity index is 519. The van der Waals surface area contributed by atoms with Crippen molar-refractivity contribution in [2.45, 2.75) is 0 Å². The van der Waals surface area contributed by atoms with Crippen LogP contribution in [0, 0.1) is 11.6 Å². The number of carbonyl (C=O) groups is 2. The van der Waals surface area contributed by atoms with E-state index in [0.717, 1.165) is 12.1 Å². The fourth-order valence-corrected chi connectivity index (χ4v) is 1.95. The summed E-state index contributed by atoms with van der Waals surface area (Å²) in [5, 5.41) is 0. The van der Waals surface area contributed by atoms with Crippen LogP contribution in [0.4, 0.5) is 8.78 Å². The monoisotopic (exact) mass is 268 g/mol. The number of piperazine rings is 1. The molecule has 0 spiro atoms. The van der Waals surface area contributed by atoms with E-state index in [1.54, 1.807) is 16.8 Å². The Hall–Kier alpha value is -1.82. The lowest BCUT2D eigenvalue weighted by molar-refractivity contribution is -0.134. The Morgan fingerprint density at radius 3 is 2.68 bits per heavy atom. The third-order valence-electron chi connectivity index (χ3n) is 3.14.